The normalized spacial score (nSPS) is 10.3. The number of anilines is 2. The van der Waals surface area contributed by atoms with Gasteiger partial charge < -0.3 is 10.6 Å². The topological polar surface area (TPSA) is 71.1 Å². The van der Waals surface area contributed by atoms with E-state index in [4.69, 9.17) is 0 Å². The lowest BCUT2D eigenvalue weighted by atomic mass is 10.1. The summed E-state index contributed by atoms with van der Waals surface area (Å²) in [5.41, 5.74) is 2.61. The molecule has 136 valence electrons. The first-order chi connectivity index (χ1) is 13.1. The molecule has 3 aromatic rings. The number of carbonyl (C=O) groups is 2. The van der Waals surface area contributed by atoms with Crippen LogP contribution in [0.5, 0.6) is 0 Å². The Morgan fingerprint density at radius 3 is 2.44 bits per heavy atom. The lowest BCUT2D eigenvalue weighted by Gasteiger charge is -2.10. The molecule has 1 aromatic heterocycles. The molecule has 0 bridgehead atoms. The minimum Gasteiger partial charge on any atom is -0.322 e. The summed E-state index contributed by atoms with van der Waals surface area (Å²) in [5, 5.41) is 5.48. The van der Waals surface area contributed by atoms with Gasteiger partial charge in [-0.1, -0.05) is 25.1 Å². The van der Waals surface area contributed by atoms with Crippen LogP contribution in [0.4, 0.5) is 15.8 Å². The van der Waals surface area contributed by atoms with E-state index >= 15 is 0 Å². The highest BCUT2D eigenvalue weighted by Crippen LogP contribution is 2.17. The molecule has 6 heteroatoms. The van der Waals surface area contributed by atoms with Gasteiger partial charge in [-0.3, -0.25) is 14.6 Å². The van der Waals surface area contributed by atoms with Gasteiger partial charge in [0.2, 0.25) is 0 Å². The number of rotatable bonds is 5. The molecule has 2 aromatic carbocycles. The molecule has 0 atom stereocenters. The van der Waals surface area contributed by atoms with Gasteiger partial charge in [0.15, 0.2) is 0 Å². The molecule has 0 aliphatic heterocycles. The highest BCUT2D eigenvalue weighted by Gasteiger charge is 2.13. The van der Waals surface area contributed by atoms with Crippen molar-refractivity contribution >= 4 is 23.2 Å². The largest absolute Gasteiger partial charge is 0.322 e. The molecule has 0 fully saturated rings. The predicted octanol–water partition coefficient (Wildman–Crippen LogP) is 4.29. The summed E-state index contributed by atoms with van der Waals surface area (Å²) in [6.07, 6.45) is 2.19. The molecule has 0 spiro atoms. The SMILES string of the molecule is CCc1ccccc1NC(=O)c1ccnc(C(=O)Nc2ccc(F)cc2)c1. The van der Waals surface area contributed by atoms with Crippen molar-refractivity contribution < 1.29 is 14.0 Å². The standard InChI is InChI=1S/C21H18FN3O2/c1-2-14-5-3-4-6-18(14)25-20(26)15-11-12-23-19(13-15)21(27)24-17-9-7-16(22)8-10-17/h3-13H,2H2,1H3,(H,24,27)(H,25,26). The van der Waals surface area contributed by atoms with Crippen molar-refractivity contribution in [3.63, 3.8) is 0 Å². The fourth-order valence-electron chi connectivity index (χ4n) is 2.57. The number of carbonyl (C=O) groups excluding carboxylic acids is 2. The number of hydrogen-bond donors (Lipinski definition) is 2. The van der Waals surface area contributed by atoms with Gasteiger partial charge in [-0.05, 0) is 54.4 Å². The zero-order chi connectivity index (χ0) is 19.2. The number of hydrogen-bond acceptors (Lipinski definition) is 3. The Morgan fingerprint density at radius 1 is 0.963 bits per heavy atom. The number of amides is 2. The molecule has 0 aliphatic rings. The summed E-state index contributed by atoms with van der Waals surface area (Å²) in [5.74, 6) is -1.20. The fraction of sp³-hybridized carbons (Fsp3) is 0.0952. The zero-order valence-corrected chi connectivity index (χ0v) is 14.7. The van der Waals surface area contributed by atoms with E-state index in [1.165, 1.54) is 36.5 Å². The van der Waals surface area contributed by atoms with Crippen LogP contribution in [0.25, 0.3) is 0 Å². The minimum absolute atomic E-state index is 0.0933. The van der Waals surface area contributed by atoms with E-state index in [0.717, 1.165) is 17.7 Å². The van der Waals surface area contributed by atoms with E-state index in [0.29, 0.717) is 11.3 Å². The lowest BCUT2D eigenvalue weighted by molar-refractivity contribution is 0.102. The number of nitrogens with zero attached hydrogens (tertiary/aromatic N) is 1. The second-order valence-corrected chi connectivity index (χ2v) is 5.86. The Bertz CT molecular complexity index is 971. The first kappa shape index (κ1) is 18.3. The molecule has 0 unspecified atom stereocenters. The van der Waals surface area contributed by atoms with Crippen molar-refractivity contribution in [1.29, 1.82) is 0 Å². The monoisotopic (exact) mass is 363 g/mol. The molecule has 0 radical (unpaired) electrons. The van der Waals surface area contributed by atoms with Gasteiger partial charge in [-0.15, -0.1) is 0 Å². The van der Waals surface area contributed by atoms with E-state index in [1.807, 2.05) is 31.2 Å². The summed E-state index contributed by atoms with van der Waals surface area (Å²) >= 11 is 0. The number of aromatic nitrogens is 1. The molecule has 3 rings (SSSR count). The van der Waals surface area contributed by atoms with Crippen LogP contribution in [0.1, 0.15) is 33.3 Å². The first-order valence-electron chi connectivity index (χ1n) is 8.49. The maximum Gasteiger partial charge on any atom is 0.274 e. The van der Waals surface area contributed by atoms with Crippen molar-refractivity contribution in [2.75, 3.05) is 10.6 Å². The minimum atomic E-state index is -0.481. The van der Waals surface area contributed by atoms with Crippen LogP contribution in [0.3, 0.4) is 0 Å². The molecule has 27 heavy (non-hydrogen) atoms. The van der Waals surface area contributed by atoms with Crippen LogP contribution >= 0.6 is 0 Å². The molecule has 5 nitrogen and oxygen atoms in total. The molecular weight excluding hydrogens is 345 g/mol. The molecule has 2 amide bonds. The summed E-state index contributed by atoms with van der Waals surface area (Å²) in [4.78, 5) is 28.9. The second kappa shape index (κ2) is 8.23. The van der Waals surface area contributed by atoms with E-state index in [9.17, 15) is 14.0 Å². The van der Waals surface area contributed by atoms with Crippen molar-refractivity contribution in [1.82, 2.24) is 4.98 Å². The second-order valence-electron chi connectivity index (χ2n) is 5.86. The fourth-order valence-corrected chi connectivity index (χ4v) is 2.57. The van der Waals surface area contributed by atoms with E-state index in [2.05, 4.69) is 15.6 Å². The Balaban J connectivity index is 1.75. The molecule has 0 saturated carbocycles. The van der Waals surface area contributed by atoms with Crippen LogP contribution in [0, 0.1) is 5.82 Å². The van der Waals surface area contributed by atoms with E-state index < -0.39 is 11.7 Å². The summed E-state index contributed by atoms with van der Waals surface area (Å²) in [7, 11) is 0. The Kier molecular flexibility index (Phi) is 5.56. The maximum absolute atomic E-state index is 13.0. The van der Waals surface area contributed by atoms with Crippen LogP contribution in [0.15, 0.2) is 66.9 Å². The van der Waals surface area contributed by atoms with Crippen molar-refractivity contribution in [2.24, 2.45) is 0 Å². The van der Waals surface area contributed by atoms with Gasteiger partial charge in [-0.25, -0.2) is 4.39 Å². The van der Waals surface area contributed by atoms with Crippen molar-refractivity contribution in [3.8, 4) is 0 Å². The van der Waals surface area contributed by atoms with Gasteiger partial charge in [0.25, 0.3) is 11.8 Å². The Morgan fingerprint density at radius 2 is 1.70 bits per heavy atom. The quantitative estimate of drug-likeness (QED) is 0.710. The van der Waals surface area contributed by atoms with Crippen molar-refractivity contribution in [3.05, 3.63) is 89.5 Å². The summed E-state index contributed by atoms with van der Waals surface area (Å²) in [6, 6.07) is 15.9. The Labute approximate surface area is 156 Å². The zero-order valence-electron chi connectivity index (χ0n) is 14.7. The smallest absolute Gasteiger partial charge is 0.274 e. The molecule has 0 saturated heterocycles. The third kappa shape index (κ3) is 4.55. The lowest BCUT2D eigenvalue weighted by Crippen LogP contribution is -2.17. The van der Waals surface area contributed by atoms with Crippen LogP contribution < -0.4 is 10.6 Å². The number of nitrogens with one attached hydrogen (secondary N) is 2. The number of para-hydroxylation sites is 1. The Hall–Kier alpha value is -3.54. The number of aryl methyl sites for hydroxylation is 1. The van der Waals surface area contributed by atoms with E-state index in [1.54, 1.807) is 6.07 Å². The van der Waals surface area contributed by atoms with Crippen LogP contribution in [-0.2, 0) is 6.42 Å². The predicted molar refractivity (Wildman–Crippen MR) is 102 cm³/mol. The molecule has 2 N–H and O–H groups in total. The highest BCUT2D eigenvalue weighted by molar-refractivity contribution is 6.08. The van der Waals surface area contributed by atoms with Gasteiger partial charge in [0.05, 0.1) is 0 Å². The maximum atomic E-state index is 13.0. The average Bonchev–Trinajstić information content (AvgIpc) is 2.70. The highest BCUT2D eigenvalue weighted by atomic mass is 19.1. The molecule has 1 heterocycles. The average molecular weight is 363 g/mol. The molecular formula is C21H18FN3O2. The number of pyridine rings is 1. The summed E-state index contributed by atoms with van der Waals surface area (Å²) < 4.78 is 13.0. The van der Waals surface area contributed by atoms with Gasteiger partial charge in [0.1, 0.15) is 11.5 Å². The van der Waals surface area contributed by atoms with Gasteiger partial charge in [0, 0.05) is 23.1 Å². The van der Waals surface area contributed by atoms with Crippen LogP contribution in [0.2, 0.25) is 0 Å². The molecule has 0 aliphatic carbocycles. The number of halogens is 1. The van der Waals surface area contributed by atoms with Crippen molar-refractivity contribution in [2.45, 2.75) is 13.3 Å². The summed E-state index contributed by atoms with van der Waals surface area (Å²) in [6.45, 7) is 2.01. The number of benzene rings is 2. The van der Waals surface area contributed by atoms with Gasteiger partial charge in [-0.2, -0.15) is 0 Å². The third-order valence-corrected chi connectivity index (χ3v) is 4.00. The van der Waals surface area contributed by atoms with Gasteiger partial charge >= 0.3 is 0 Å². The van der Waals surface area contributed by atoms with Crippen LogP contribution in [-0.4, -0.2) is 16.8 Å². The van der Waals surface area contributed by atoms with E-state index in [-0.39, 0.29) is 11.6 Å². The first-order valence-corrected chi connectivity index (χ1v) is 8.49. The third-order valence-electron chi connectivity index (χ3n) is 4.00.